The fraction of sp³-hybridized carbons (Fsp3) is 0.387. The smallest absolute Gasteiger partial charge is 0.422 e. The minimum absolute atomic E-state index is 0.0200. The second-order valence-electron chi connectivity index (χ2n) is 10.7. The average molecular weight is 692 g/mol. The summed E-state index contributed by atoms with van der Waals surface area (Å²) in [6.45, 7) is 1.53. The molecule has 1 saturated carbocycles. The average Bonchev–Trinajstić information content (AvgIpc) is 3.83. The predicted octanol–water partition coefficient (Wildman–Crippen LogP) is 4.46. The number of esters is 1. The SMILES string of the molecule is CCOC(=O)[C@H](CCNC(=O)C(=O)CC)NC(=O)c1ccc(Nc2nc(NC3(c4ccc(Cl)cc4)CC3)nc(OCC(F)(F)F)n2)cc1. The number of aromatic nitrogens is 3. The van der Waals surface area contributed by atoms with E-state index in [0.717, 1.165) is 18.4 Å². The lowest BCUT2D eigenvalue weighted by Gasteiger charge is -2.19. The van der Waals surface area contributed by atoms with Gasteiger partial charge in [-0.2, -0.15) is 28.1 Å². The van der Waals surface area contributed by atoms with Crippen LogP contribution >= 0.6 is 11.6 Å². The Morgan fingerprint density at radius 3 is 2.23 bits per heavy atom. The highest BCUT2D eigenvalue weighted by molar-refractivity contribution is 6.36. The maximum absolute atomic E-state index is 13.0. The number of ether oxygens (including phenoxy) is 2. The van der Waals surface area contributed by atoms with E-state index in [2.05, 4.69) is 36.2 Å². The number of halogens is 4. The predicted molar refractivity (Wildman–Crippen MR) is 168 cm³/mol. The van der Waals surface area contributed by atoms with Crippen LogP contribution < -0.4 is 26.0 Å². The Labute approximate surface area is 278 Å². The minimum Gasteiger partial charge on any atom is -0.464 e. The first-order chi connectivity index (χ1) is 22.8. The monoisotopic (exact) mass is 691 g/mol. The van der Waals surface area contributed by atoms with Gasteiger partial charge in [-0.15, -0.1) is 0 Å². The third kappa shape index (κ3) is 10.3. The van der Waals surface area contributed by atoms with Crippen molar-refractivity contribution in [2.45, 2.75) is 57.3 Å². The summed E-state index contributed by atoms with van der Waals surface area (Å²) in [5, 5.41) is 11.6. The number of ketones is 1. The van der Waals surface area contributed by atoms with Crippen molar-refractivity contribution in [3.8, 4) is 6.01 Å². The van der Waals surface area contributed by atoms with E-state index in [1.807, 2.05) is 12.1 Å². The zero-order valence-electron chi connectivity index (χ0n) is 25.9. The molecule has 4 rings (SSSR count). The van der Waals surface area contributed by atoms with Gasteiger partial charge in [-0.1, -0.05) is 30.7 Å². The van der Waals surface area contributed by atoms with Gasteiger partial charge in [-0.25, -0.2) is 4.79 Å². The molecular formula is C31H33ClF3N7O6. The maximum Gasteiger partial charge on any atom is 0.422 e. The summed E-state index contributed by atoms with van der Waals surface area (Å²) in [4.78, 5) is 61.0. The minimum atomic E-state index is -4.63. The zero-order valence-corrected chi connectivity index (χ0v) is 26.7. The summed E-state index contributed by atoms with van der Waals surface area (Å²) in [5.41, 5.74) is 0.884. The van der Waals surface area contributed by atoms with Crippen LogP contribution in [0, 0.1) is 0 Å². The van der Waals surface area contributed by atoms with Crippen molar-refractivity contribution in [1.82, 2.24) is 25.6 Å². The molecule has 1 fully saturated rings. The summed E-state index contributed by atoms with van der Waals surface area (Å²) >= 11 is 6.01. The molecule has 48 heavy (non-hydrogen) atoms. The Balaban J connectivity index is 1.46. The molecule has 3 aromatic rings. The molecule has 0 saturated heterocycles. The Bertz CT molecular complexity index is 1620. The topological polar surface area (TPSA) is 174 Å². The van der Waals surface area contributed by atoms with Crippen LogP contribution in [0.3, 0.4) is 0 Å². The molecule has 17 heteroatoms. The number of carbonyl (C=O) groups excluding carboxylic acids is 4. The first-order valence-corrected chi connectivity index (χ1v) is 15.3. The largest absolute Gasteiger partial charge is 0.464 e. The van der Waals surface area contributed by atoms with E-state index in [-0.39, 0.29) is 43.5 Å². The first-order valence-electron chi connectivity index (χ1n) is 15.0. The van der Waals surface area contributed by atoms with Crippen LogP contribution in [-0.2, 0) is 24.7 Å². The molecule has 256 valence electrons. The molecule has 0 bridgehead atoms. The van der Waals surface area contributed by atoms with Crippen LogP contribution in [0.1, 0.15) is 55.5 Å². The highest BCUT2D eigenvalue weighted by Gasteiger charge is 2.45. The lowest BCUT2D eigenvalue weighted by molar-refractivity contribution is -0.154. The van der Waals surface area contributed by atoms with Gasteiger partial charge in [0.05, 0.1) is 12.1 Å². The number of Topliss-reactive ketones (excluding diaryl/α,β-unsaturated/α-hetero) is 1. The lowest BCUT2D eigenvalue weighted by atomic mass is 10.1. The summed E-state index contributed by atoms with van der Waals surface area (Å²) in [6, 6.07) is 11.3. The summed E-state index contributed by atoms with van der Waals surface area (Å²) in [5.74, 6) is -2.88. The van der Waals surface area contributed by atoms with Gasteiger partial charge in [0, 0.05) is 29.2 Å². The molecular weight excluding hydrogens is 659 g/mol. The van der Waals surface area contributed by atoms with E-state index >= 15 is 0 Å². The van der Waals surface area contributed by atoms with Crippen molar-refractivity contribution >= 4 is 52.8 Å². The molecule has 2 aromatic carbocycles. The number of anilines is 3. The quantitative estimate of drug-likeness (QED) is 0.123. The van der Waals surface area contributed by atoms with E-state index in [1.165, 1.54) is 24.3 Å². The molecule has 1 heterocycles. The number of alkyl halides is 3. The van der Waals surface area contributed by atoms with Gasteiger partial charge >= 0.3 is 18.2 Å². The van der Waals surface area contributed by atoms with Crippen LogP contribution in [0.25, 0.3) is 0 Å². The fourth-order valence-electron chi connectivity index (χ4n) is 4.43. The third-order valence-electron chi connectivity index (χ3n) is 7.05. The Morgan fingerprint density at radius 2 is 1.62 bits per heavy atom. The van der Waals surface area contributed by atoms with Gasteiger partial charge in [0.15, 0.2) is 6.61 Å². The standard InChI is InChI=1S/C31H33ClF3N7O6/c1-3-23(43)25(45)36-16-13-22(26(46)47-4-2)38-24(44)18-5-11-21(12-6-18)37-27-39-28(41-29(40-27)48-17-31(33,34)35)42-30(14-15-30)19-7-9-20(32)10-8-19/h5-12,22H,3-4,13-17H2,1-2H3,(H,36,45)(H,38,44)(H2,37,39,40,41,42)/t22-/m0/s1. The number of hydrogen-bond donors (Lipinski definition) is 4. The van der Waals surface area contributed by atoms with Crippen LogP contribution in [0.5, 0.6) is 6.01 Å². The van der Waals surface area contributed by atoms with Gasteiger partial charge in [-0.05, 0) is 68.1 Å². The van der Waals surface area contributed by atoms with Crippen molar-refractivity contribution < 1.29 is 41.8 Å². The summed E-state index contributed by atoms with van der Waals surface area (Å²) in [7, 11) is 0. The van der Waals surface area contributed by atoms with Gasteiger partial charge in [0.1, 0.15) is 6.04 Å². The van der Waals surface area contributed by atoms with Gasteiger partial charge in [0.25, 0.3) is 11.8 Å². The van der Waals surface area contributed by atoms with Crippen molar-refractivity contribution in [3.05, 3.63) is 64.7 Å². The normalized spacial score (nSPS) is 13.9. The Morgan fingerprint density at radius 1 is 0.958 bits per heavy atom. The van der Waals surface area contributed by atoms with E-state index in [0.29, 0.717) is 10.7 Å². The highest BCUT2D eigenvalue weighted by Crippen LogP contribution is 2.48. The zero-order chi connectivity index (χ0) is 34.9. The molecule has 2 amide bonds. The van der Waals surface area contributed by atoms with Gasteiger partial charge < -0.3 is 30.7 Å². The fourth-order valence-corrected chi connectivity index (χ4v) is 4.56. The summed E-state index contributed by atoms with van der Waals surface area (Å²) in [6.07, 6.45) is -3.19. The van der Waals surface area contributed by atoms with Crippen molar-refractivity contribution in [1.29, 1.82) is 0 Å². The second kappa shape index (κ2) is 15.7. The van der Waals surface area contributed by atoms with E-state index in [4.69, 9.17) is 21.1 Å². The van der Waals surface area contributed by atoms with Crippen molar-refractivity contribution in [3.63, 3.8) is 0 Å². The maximum atomic E-state index is 13.0. The van der Waals surface area contributed by atoms with Crippen LogP contribution in [0.15, 0.2) is 48.5 Å². The number of benzene rings is 2. The van der Waals surface area contributed by atoms with Crippen LogP contribution in [0.4, 0.5) is 30.8 Å². The molecule has 4 N–H and O–H groups in total. The number of nitrogens with zero attached hydrogens (tertiary/aromatic N) is 3. The summed E-state index contributed by atoms with van der Waals surface area (Å²) < 4.78 is 48.5. The molecule has 0 unspecified atom stereocenters. The molecule has 1 atom stereocenters. The Kier molecular flexibility index (Phi) is 11.8. The molecule has 0 radical (unpaired) electrons. The van der Waals surface area contributed by atoms with E-state index in [1.54, 1.807) is 26.0 Å². The van der Waals surface area contributed by atoms with Crippen LogP contribution in [-0.4, -0.2) is 70.5 Å². The molecule has 1 aromatic heterocycles. The van der Waals surface area contributed by atoms with Crippen molar-refractivity contribution in [2.24, 2.45) is 0 Å². The Hall–Kier alpha value is -4.99. The second-order valence-corrected chi connectivity index (χ2v) is 11.1. The molecule has 0 aliphatic heterocycles. The number of nitrogens with one attached hydrogen (secondary N) is 4. The third-order valence-corrected chi connectivity index (χ3v) is 7.30. The molecule has 1 aliphatic carbocycles. The number of rotatable bonds is 16. The van der Waals surface area contributed by atoms with E-state index in [9.17, 15) is 32.3 Å². The van der Waals surface area contributed by atoms with E-state index < -0.39 is 53.9 Å². The van der Waals surface area contributed by atoms with Gasteiger partial charge in [0.2, 0.25) is 17.7 Å². The number of amides is 2. The van der Waals surface area contributed by atoms with Gasteiger partial charge in [-0.3, -0.25) is 14.4 Å². The van der Waals surface area contributed by atoms with Crippen molar-refractivity contribution in [2.75, 3.05) is 30.4 Å². The molecule has 1 aliphatic rings. The molecule has 0 spiro atoms. The number of carbonyl (C=O) groups is 4. The number of hydrogen-bond acceptors (Lipinski definition) is 11. The lowest BCUT2D eigenvalue weighted by Crippen LogP contribution is -2.44. The molecule has 13 nitrogen and oxygen atoms in total. The first kappa shape index (κ1) is 35.9. The highest BCUT2D eigenvalue weighted by atomic mass is 35.5. The van der Waals surface area contributed by atoms with Crippen LogP contribution in [0.2, 0.25) is 5.02 Å².